The van der Waals surface area contributed by atoms with Crippen molar-refractivity contribution in [3.63, 3.8) is 0 Å². The van der Waals surface area contributed by atoms with Crippen LogP contribution in [0.15, 0.2) is 30.7 Å². The molecule has 0 radical (unpaired) electrons. The lowest BCUT2D eigenvalue weighted by Gasteiger charge is -2.33. The highest BCUT2D eigenvalue weighted by molar-refractivity contribution is 6.35. The molecule has 1 aromatic carbocycles. The second kappa shape index (κ2) is 5.31. The minimum Gasteiger partial charge on any atom is -0.333 e. The quantitative estimate of drug-likeness (QED) is 0.745. The fourth-order valence-electron chi connectivity index (χ4n) is 3.02. The number of amides is 1. The van der Waals surface area contributed by atoms with E-state index < -0.39 is 0 Å². The molecule has 2 aromatic heterocycles. The van der Waals surface area contributed by atoms with Gasteiger partial charge in [0.1, 0.15) is 6.33 Å². The molecule has 0 unspecified atom stereocenters. The number of H-pyrrole nitrogens is 1. The number of aromatic nitrogens is 4. The van der Waals surface area contributed by atoms with Gasteiger partial charge in [-0.15, -0.1) is 0 Å². The summed E-state index contributed by atoms with van der Waals surface area (Å²) in [5.74, 6) is 0.166. The van der Waals surface area contributed by atoms with Gasteiger partial charge >= 0.3 is 0 Å². The van der Waals surface area contributed by atoms with Gasteiger partial charge in [-0.3, -0.25) is 4.79 Å². The van der Waals surface area contributed by atoms with Gasteiger partial charge in [-0.2, -0.15) is 0 Å². The predicted molar refractivity (Wildman–Crippen MR) is 86.3 cm³/mol. The van der Waals surface area contributed by atoms with Crippen LogP contribution in [0.25, 0.3) is 11.0 Å². The molecular formula is C16H14ClN5O. The summed E-state index contributed by atoms with van der Waals surface area (Å²) >= 11 is 6.14. The average molecular weight is 328 g/mol. The van der Waals surface area contributed by atoms with E-state index in [0.29, 0.717) is 28.4 Å². The number of carbonyl (C=O) groups is 1. The molecule has 4 rings (SSSR count). The van der Waals surface area contributed by atoms with E-state index in [1.807, 2.05) is 19.1 Å². The Kier molecular flexibility index (Phi) is 3.27. The maximum absolute atomic E-state index is 12.8. The summed E-state index contributed by atoms with van der Waals surface area (Å²) in [5.41, 5.74) is 3.37. The third kappa shape index (κ3) is 2.26. The van der Waals surface area contributed by atoms with Gasteiger partial charge in [0.2, 0.25) is 0 Å². The van der Waals surface area contributed by atoms with Crippen LogP contribution in [-0.4, -0.2) is 37.3 Å². The van der Waals surface area contributed by atoms with E-state index in [4.69, 9.17) is 11.6 Å². The number of imidazole rings is 1. The lowest BCUT2D eigenvalue weighted by atomic mass is 9.99. The first kappa shape index (κ1) is 14.1. The maximum Gasteiger partial charge on any atom is 0.290 e. The zero-order valence-electron chi connectivity index (χ0n) is 12.5. The van der Waals surface area contributed by atoms with Crippen LogP contribution in [0.4, 0.5) is 0 Å². The van der Waals surface area contributed by atoms with Crippen molar-refractivity contribution in [3.8, 4) is 0 Å². The van der Waals surface area contributed by atoms with Crippen LogP contribution < -0.4 is 0 Å². The number of para-hydroxylation sites is 1. The first-order valence-electron chi connectivity index (χ1n) is 7.39. The molecule has 116 valence electrons. The van der Waals surface area contributed by atoms with Crippen LogP contribution in [0, 0.1) is 0 Å². The molecule has 6 nitrogen and oxygen atoms in total. The van der Waals surface area contributed by atoms with Crippen molar-refractivity contribution in [2.75, 3.05) is 6.54 Å². The number of hydrogen-bond donors (Lipinski definition) is 1. The summed E-state index contributed by atoms with van der Waals surface area (Å²) in [6.45, 7) is 2.59. The molecule has 0 saturated heterocycles. The van der Waals surface area contributed by atoms with Gasteiger partial charge in [0.15, 0.2) is 5.82 Å². The number of hydrogen-bond acceptors (Lipinski definition) is 4. The number of fused-ring (bicyclic) bond motifs is 2. The molecule has 3 aromatic rings. The zero-order chi connectivity index (χ0) is 16.0. The van der Waals surface area contributed by atoms with E-state index in [1.165, 1.54) is 0 Å². The maximum atomic E-state index is 12.8. The first-order valence-corrected chi connectivity index (χ1v) is 7.77. The summed E-state index contributed by atoms with van der Waals surface area (Å²) in [6.07, 6.45) is 4.04. The van der Waals surface area contributed by atoms with Crippen molar-refractivity contribution in [3.05, 3.63) is 52.8 Å². The topological polar surface area (TPSA) is 74.8 Å². The Balaban J connectivity index is 1.70. The van der Waals surface area contributed by atoms with E-state index in [-0.39, 0.29) is 11.9 Å². The zero-order valence-corrected chi connectivity index (χ0v) is 13.2. The summed E-state index contributed by atoms with van der Waals surface area (Å²) < 4.78 is 0. The van der Waals surface area contributed by atoms with Gasteiger partial charge in [-0.1, -0.05) is 17.7 Å². The van der Waals surface area contributed by atoms with Crippen LogP contribution >= 0.6 is 11.6 Å². The summed E-state index contributed by atoms with van der Waals surface area (Å²) in [6, 6.07) is 5.33. The second-order valence-corrected chi connectivity index (χ2v) is 5.98. The van der Waals surface area contributed by atoms with Crippen LogP contribution in [0.5, 0.6) is 0 Å². The highest BCUT2D eigenvalue weighted by atomic mass is 35.5. The number of aromatic amines is 1. The molecule has 1 atom stereocenters. The summed E-state index contributed by atoms with van der Waals surface area (Å²) in [4.78, 5) is 30.4. The van der Waals surface area contributed by atoms with Crippen LogP contribution in [0.1, 0.15) is 34.8 Å². The molecular weight excluding hydrogens is 314 g/mol. The van der Waals surface area contributed by atoms with Crippen molar-refractivity contribution in [1.29, 1.82) is 0 Å². The van der Waals surface area contributed by atoms with Crippen molar-refractivity contribution >= 4 is 28.5 Å². The third-order valence-electron chi connectivity index (χ3n) is 4.26. The van der Waals surface area contributed by atoms with Crippen molar-refractivity contribution in [1.82, 2.24) is 24.8 Å². The molecule has 1 aliphatic heterocycles. The van der Waals surface area contributed by atoms with Gasteiger partial charge in [0.25, 0.3) is 5.91 Å². The summed E-state index contributed by atoms with van der Waals surface area (Å²) in [7, 11) is 0. The fraction of sp³-hybridized carbons (Fsp3) is 0.250. The Labute approximate surface area is 137 Å². The van der Waals surface area contributed by atoms with E-state index in [0.717, 1.165) is 17.7 Å². The molecule has 0 spiro atoms. The normalized spacial score (nSPS) is 17.3. The fourth-order valence-corrected chi connectivity index (χ4v) is 3.24. The lowest BCUT2D eigenvalue weighted by Crippen LogP contribution is -2.39. The highest BCUT2D eigenvalue weighted by Crippen LogP contribution is 2.29. The minimum absolute atomic E-state index is 0.0869. The molecule has 0 saturated carbocycles. The molecule has 7 heteroatoms. The van der Waals surface area contributed by atoms with Crippen LogP contribution in [-0.2, 0) is 6.42 Å². The molecule has 0 aliphatic carbocycles. The number of rotatable bonds is 1. The Morgan fingerprint density at radius 1 is 1.43 bits per heavy atom. The predicted octanol–water partition coefficient (Wildman–Crippen LogP) is 2.77. The molecule has 0 bridgehead atoms. The smallest absolute Gasteiger partial charge is 0.290 e. The van der Waals surface area contributed by atoms with E-state index in [9.17, 15) is 4.79 Å². The van der Waals surface area contributed by atoms with Crippen molar-refractivity contribution in [2.45, 2.75) is 19.4 Å². The molecule has 3 heterocycles. The summed E-state index contributed by atoms with van der Waals surface area (Å²) in [5, 5.41) is 0.555. The third-order valence-corrected chi connectivity index (χ3v) is 4.58. The molecule has 1 amide bonds. The number of carbonyl (C=O) groups excluding carboxylic acids is 1. The standard InChI is InChI=1S/C16H14ClN5O/c1-9-10-7-18-8-19-12(10)5-6-22(9)16(23)15-20-13-4-2-3-11(17)14(13)21-15/h2-4,7-9H,5-6H2,1H3,(H,20,21)/t9-/m0/s1. The minimum atomic E-state index is -0.140. The number of nitrogens with zero attached hydrogens (tertiary/aromatic N) is 4. The largest absolute Gasteiger partial charge is 0.333 e. The monoisotopic (exact) mass is 327 g/mol. The van der Waals surface area contributed by atoms with Crippen LogP contribution in [0.3, 0.4) is 0 Å². The molecule has 1 aliphatic rings. The van der Waals surface area contributed by atoms with E-state index in [1.54, 1.807) is 23.5 Å². The van der Waals surface area contributed by atoms with Crippen molar-refractivity contribution < 1.29 is 4.79 Å². The average Bonchev–Trinajstić information content (AvgIpc) is 3.01. The molecule has 0 fully saturated rings. The Morgan fingerprint density at radius 2 is 2.30 bits per heavy atom. The molecule has 1 N–H and O–H groups in total. The SMILES string of the molecule is C[C@H]1c2cncnc2CCN1C(=O)c1nc2cccc(Cl)c2[nH]1. The molecule has 23 heavy (non-hydrogen) atoms. The van der Waals surface area contributed by atoms with E-state index >= 15 is 0 Å². The van der Waals surface area contributed by atoms with Gasteiger partial charge in [0.05, 0.1) is 27.8 Å². The first-order chi connectivity index (χ1) is 11.1. The van der Waals surface area contributed by atoms with Crippen molar-refractivity contribution in [2.24, 2.45) is 0 Å². The van der Waals surface area contributed by atoms with Gasteiger partial charge < -0.3 is 9.88 Å². The lowest BCUT2D eigenvalue weighted by molar-refractivity contribution is 0.0664. The van der Waals surface area contributed by atoms with Gasteiger partial charge in [0, 0.05) is 24.7 Å². The number of benzene rings is 1. The number of nitrogens with one attached hydrogen (secondary N) is 1. The van der Waals surface area contributed by atoms with E-state index in [2.05, 4.69) is 19.9 Å². The Morgan fingerprint density at radius 3 is 3.13 bits per heavy atom. The highest BCUT2D eigenvalue weighted by Gasteiger charge is 2.30. The number of halogens is 1. The Hall–Kier alpha value is -2.47. The second-order valence-electron chi connectivity index (χ2n) is 5.57. The Bertz CT molecular complexity index is 906. The van der Waals surface area contributed by atoms with Crippen LogP contribution in [0.2, 0.25) is 5.02 Å². The van der Waals surface area contributed by atoms with Gasteiger partial charge in [-0.25, -0.2) is 15.0 Å². The van der Waals surface area contributed by atoms with Gasteiger partial charge in [-0.05, 0) is 19.1 Å².